The summed E-state index contributed by atoms with van der Waals surface area (Å²) >= 11 is 0. The zero-order valence-electron chi connectivity index (χ0n) is 26.9. The van der Waals surface area contributed by atoms with E-state index < -0.39 is 8.32 Å². The van der Waals surface area contributed by atoms with Crippen LogP contribution in [0.4, 0.5) is 5.69 Å². The van der Waals surface area contributed by atoms with Crippen molar-refractivity contribution in [2.45, 2.75) is 68.9 Å². The average Bonchev–Trinajstić information content (AvgIpc) is 3.41. The molecule has 1 saturated heterocycles. The van der Waals surface area contributed by atoms with Gasteiger partial charge in [0.15, 0.2) is 0 Å². The van der Waals surface area contributed by atoms with Gasteiger partial charge in [-0.1, -0.05) is 130 Å². The fourth-order valence-corrected chi connectivity index (χ4v) is 13.8. The lowest BCUT2D eigenvalue weighted by Crippen LogP contribution is -2.71. The second kappa shape index (κ2) is 10.7. The number of likely N-dealkylation sites (N-methyl/N-ethyl adjacent to an activating group) is 1. The molecule has 8 rings (SSSR count). The van der Waals surface area contributed by atoms with Gasteiger partial charge in [0, 0.05) is 29.5 Å². The number of hydrogen-bond acceptors (Lipinski definition) is 4. The van der Waals surface area contributed by atoms with Crippen molar-refractivity contribution < 1.29 is 9.16 Å². The van der Waals surface area contributed by atoms with Crippen LogP contribution in [0, 0.1) is 5.92 Å². The molecule has 0 radical (unpaired) electrons. The summed E-state index contributed by atoms with van der Waals surface area (Å²) < 4.78 is 15.2. The van der Waals surface area contributed by atoms with Crippen molar-refractivity contribution >= 4 is 24.4 Å². The first-order valence-corrected chi connectivity index (χ1v) is 18.5. The van der Waals surface area contributed by atoms with Gasteiger partial charge in [-0.25, -0.2) is 0 Å². The van der Waals surface area contributed by atoms with Gasteiger partial charge in [-0.2, -0.15) is 0 Å². The standard InChI is InChI=1S/C40H44N2O2Si/c1-39(2,3)45(30-16-10-6-11-17-30,31-18-12-7-13-19-31)44-35-23-21-32-34-26-29-20-22-33(41-27-28-14-8-5-9-15-28)37-36(29)40(32,38(35)43-37)24-25-42(34)4/h5-23,32,34-35,38,41H,24-27H2,1-4H3/t32-,34+,35-,38-,40-/m0/s1. The summed E-state index contributed by atoms with van der Waals surface area (Å²) in [5, 5.41) is 6.27. The molecule has 0 unspecified atom stereocenters. The van der Waals surface area contributed by atoms with Crippen LogP contribution in [0.3, 0.4) is 0 Å². The summed E-state index contributed by atoms with van der Waals surface area (Å²) in [5.74, 6) is 1.46. The monoisotopic (exact) mass is 612 g/mol. The van der Waals surface area contributed by atoms with Gasteiger partial charge in [-0.05, 0) is 59.0 Å². The van der Waals surface area contributed by atoms with E-state index in [0.29, 0.717) is 12.0 Å². The minimum absolute atomic E-state index is 0.0842. The van der Waals surface area contributed by atoms with Crippen molar-refractivity contribution in [1.29, 1.82) is 0 Å². The van der Waals surface area contributed by atoms with E-state index >= 15 is 0 Å². The number of nitrogens with zero attached hydrogens (tertiary/aromatic N) is 1. The third kappa shape index (κ3) is 4.31. The molecule has 4 aromatic rings. The Balaban J connectivity index is 1.26. The predicted octanol–water partition coefficient (Wildman–Crippen LogP) is 6.69. The molecule has 45 heavy (non-hydrogen) atoms. The van der Waals surface area contributed by atoms with Crippen molar-refractivity contribution in [3.63, 3.8) is 0 Å². The van der Waals surface area contributed by atoms with E-state index in [4.69, 9.17) is 9.16 Å². The fourth-order valence-electron chi connectivity index (χ4n) is 9.16. The van der Waals surface area contributed by atoms with E-state index in [9.17, 15) is 0 Å². The highest BCUT2D eigenvalue weighted by Crippen LogP contribution is 2.62. The first-order chi connectivity index (χ1) is 21.8. The highest BCUT2D eigenvalue weighted by molar-refractivity contribution is 6.99. The summed E-state index contributed by atoms with van der Waals surface area (Å²) in [6.45, 7) is 8.94. The van der Waals surface area contributed by atoms with Crippen LogP contribution in [0.2, 0.25) is 5.04 Å². The highest BCUT2D eigenvalue weighted by atomic mass is 28.4. The molecule has 4 nitrogen and oxygen atoms in total. The summed E-state index contributed by atoms with van der Waals surface area (Å²) in [4.78, 5) is 2.59. The minimum atomic E-state index is -2.81. The number of piperidine rings is 1. The maximum atomic E-state index is 7.85. The first-order valence-electron chi connectivity index (χ1n) is 16.6. The van der Waals surface area contributed by atoms with Gasteiger partial charge in [-0.15, -0.1) is 0 Å². The molecule has 1 N–H and O–H groups in total. The zero-order chi connectivity index (χ0) is 30.8. The van der Waals surface area contributed by atoms with E-state index in [2.05, 4.69) is 153 Å². The van der Waals surface area contributed by atoms with Crippen molar-refractivity contribution in [3.05, 3.63) is 132 Å². The number of rotatable bonds is 7. The van der Waals surface area contributed by atoms with Gasteiger partial charge in [0.2, 0.25) is 0 Å². The van der Waals surface area contributed by atoms with Crippen LogP contribution in [0.25, 0.3) is 0 Å². The molecule has 1 spiro atoms. The Labute approximate surface area is 269 Å². The topological polar surface area (TPSA) is 33.7 Å². The van der Waals surface area contributed by atoms with E-state index in [1.54, 1.807) is 0 Å². The Kier molecular flexibility index (Phi) is 6.86. The van der Waals surface area contributed by atoms with E-state index in [-0.39, 0.29) is 22.7 Å². The molecule has 2 aliphatic carbocycles. The number of nitrogens with one attached hydrogen (secondary N) is 1. The summed E-state index contributed by atoms with van der Waals surface area (Å²) in [5.41, 5.74) is 5.16. The van der Waals surface area contributed by atoms with Crippen molar-refractivity contribution in [2.75, 3.05) is 18.9 Å². The molecule has 4 aliphatic rings. The second-order valence-corrected chi connectivity index (χ2v) is 18.8. The molecule has 4 aromatic carbocycles. The normalized spacial score (nSPS) is 26.7. The smallest absolute Gasteiger partial charge is 0.262 e. The van der Waals surface area contributed by atoms with Crippen molar-refractivity contribution in [2.24, 2.45) is 5.92 Å². The van der Waals surface area contributed by atoms with Crippen LogP contribution in [-0.2, 0) is 22.8 Å². The molecule has 5 atom stereocenters. The Hall–Kier alpha value is -3.64. The van der Waals surface area contributed by atoms with Crippen molar-refractivity contribution in [1.82, 2.24) is 4.90 Å². The van der Waals surface area contributed by atoms with Crippen LogP contribution in [0.1, 0.15) is 43.9 Å². The van der Waals surface area contributed by atoms with E-state index in [0.717, 1.165) is 37.4 Å². The zero-order valence-corrected chi connectivity index (χ0v) is 27.9. The number of benzene rings is 4. The third-order valence-corrected chi connectivity index (χ3v) is 16.2. The maximum absolute atomic E-state index is 7.85. The average molecular weight is 613 g/mol. The molecule has 0 aromatic heterocycles. The first kappa shape index (κ1) is 28.8. The number of ether oxygens (including phenoxy) is 1. The van der Waals surface area contributed by atoms with Gasteiger partial charge in [-0.3, -0.25) is 0 Å². The Morgan fingerprint density at radius 2 is 1.51 bits per heavy atom. The third-order valence-electron chi connectivity index (χ3n) is 11.2. The van der Waals surface area contributed by atoms with E-state index in [1.807, 2.05) is 0 Å². The summed E-state index contributed by atoms with van der Waals surface area (Å²) in [7, 11) is -0.498. The molecule has 2 aliphatic heterocycles. The molecule has 5 heteroatoms. The quantitative estimate of drug-likeness (QED) is 0.186. The van der Waals surface area contributed by atoms with Gasteiger partial charge in [0.25, 0.3) is 8.32 Å². The van der Waals surface area contributed by atoms with Crippen LogP contribution in [0.15, 0.2) is 115 Å². The molecule has 230 valence electrons. The second-order valence-electron chi connectivity index (χ2n) is 14.6. The van der Waals surface area contributed by atoms with E-state index in [1.165, 1.54) is 27.1 Å². The van der Waals surface area contributed by atoms with Crippen molar-refractivity contribution in [3.8, 4) is 5.75 Å². The molecule has 0 amide bonds. The van der Waals surface area contributed by atoms with Crippen LogP contribution < -0.4 is 20.4 Å². The Morgan fingerprint density at radius 3 is 2.16 bits per heavy atom. The molecule has 0 saturated carbocycles. The van der Waals surface area contributed by atoms with Crippen LogP contribution in [0.5, 0.6) is 5.75 Å². The lowest BCUT2D eigenvalue weighted by atomic mass is 9.53. The number of anilines is 1. The lowest BCUT2D eigenvalue weighted by molar-refractivity contribution is -0.0402. The van der Waals surface area contributed by atoms with Crippen LogP contribution >= 0.6 is 0 Å². The Bertz CT molecular complexity index is 1680. The molecule has 2 bridgehead atoms. The summed E-state index contributed by atoms with van der Waals surface area (Å²) in [6.07, 6.45) is 6.78. The van der Waals surface area contributed by atoms with Crippen LogP contribution in [-0.4, -0.2) is 45.1 Å². The van der Waals surface area contributed by atoms with Gasteiger partial charge < -0.3 is 19.4 Å². The van der Waals surface area contributed by atoms with Gasteiger partial charge in [0.05, 0.1) is 5.69 Å². The lowest BCUT2D eigenvalue weighted by Gasteiger charge is -2.58. The molecule has 2 heterocycles. The highest BCUT2D eigenvalue weighted by Gasteiger charge is 2.66. The fraction of sp³-hybridized carbons (Fsp3) is 0.350. The molecular formula is C40H44N2O2Si. The molecular weight excluding hydrogens is 569 g/mol. The minimum Gasteiger partial charge on any atom is -0.484 e. The number of hydrogen-bond donors (Lipinski definition) is 1. The van der Waals surface area contributed by atoms with Gasteiger partial charge in [0.1, 0.15) is 18.0 Å². The summed E-state index contributed by atoms with van der Waals surface area (Å²) in [6, 6.07) is 37.8. The van der Waals surface area contributed by atoms with Gasteiger partial charge >= 0.3 is 0 Å². The maximum Gasteiger partial charge on any atom is 0.262 e. The largest absolute Gasteiger partial charge is 0.484 e. The predicted molar refractivity (Wildman–Crippen MR) is 186 cm³/mol. The SMILES string of the molecule is CN1CC[C@]23c4c5ccc(NCc6ccccc6)c4O[C@H]2[C@@H](O[Si](c2ccccc2)(c2ccccc2)C(C)(C)C)C=C[C@H]3[C@H]1C5. The Morgan fingerprint density at radius 1 is 0.867 bits per heavy atom. The number of likely N-dealkylation sites (tertiary alicyclic amines) is 1. The molecule has 1 fully saturated rings.